The Hall–Kier alpha value is -3.17. The first-order valence-electron chi connectivity index (χ1n) is 7.39. The highest BCUT2D eigenvalue weighted by atomic mass is 19.1. The Balaban J connectivity index is 2.65. The normalized spacial score (nSPS) is 12.9. The average Bonchev–Trinajstić information content (AvgIpc) is 2.60. The zero-order valence-corrected chi connectivity index (χ0v) is 13.6. The molecule has 0 aromatic heterocycles. The average molecular weight is 362 g/mol. The monoisotopic (exact) mass is 362 g/mol. The van der Waals surface area contributed by atoms with Gasteiger partial charge in [0, 0.05) is 13.1 Å². The number of halogens is 1. The van der Waals surface area contributed by atoms with Gasteiger partial charge in [-0.3, -0.25) is 24.9 Å². The van der Waals surface area contributed by atoms with Crippen molar-refractivity contribution in [2.24, 2.45) is 0 Å². The molecule has 2 N–H and O–H groups in total. The third-order valence-corrected chi connectivity index (χ3v) is 3.80. The summed E-state index contributed by atoms with van der Waals surface area (Å²) in [7, 11) is 0.923. The summed E-state index contributed by atoms with van der Waals surface area (Å²) in [5.74, 6) is -3.27. The number of carbonyl (C=O) groups is 2. The second kappa shape index (κ2) is 7.38. The van der Waals surface area contributed by atoms with Gasteiger partial charge in [0.05, 0.1) is 16.9 Å². The molecule has 0 spiro atoms. The highest BCUT2D eigenvalue weighted by Gasteiger charge is 2.41. The molecule has 0 radical (unpaired) electrons. The summed E-state index contributed by atoms with van der Waals surface area (Å²) in [4.78, 5) is 34.4. The summed E-state index contributed by atoms with van der Waals surface area (Å²) in [5, 5.41) is 31.6. The van der Waals surface area contributed by atoms with Gasteiger partial charge in [-0.15, -0.1) is 0 Å². The third kappa shape index (κ3) is 3.73. The zero-order chi connectivity index (χ0) is 19.5. The number of likely N-dealkylation sites (N-methyl/N-ethyl adjacent to an activating group) is 1. The number of benzene rings is 2. The molecule has 2 aromatic rings. The van der Waals surface area contributed by atoms with Crippen LogP contribution < -0.4 is 0 Å². The molecule has 8 nitrogen and oxygen atoms in total. The van der Waals surface area contributed by atoms with Gasteiger partial charge in [-0.05, 0) is 23.8 Å². The van der Waals surface area contributed by atoms with Crippen molar-refractivity contribution in [3.8, 4) is 0 Å². The van der Waals surface area contributed by atoms with Crippen molar-refractivity contribution >= 4 is 17.4 Å². The van der Waals surface area contributed by atoms with Crippen LogP contribution in [-0.4, -0.2) is 39.0 Å². The van der Waals surface area contributed by atoms with E-state index in [0.717, 1.165) is 25.2 Å². The number of rotatable bonds is 6. The van der Waals surface area contributed by atoms with Crippen LogP contribution in [-0.2, 0) is 15.2 Å². The molecule has 0 aliphatic rings. The van der Waals surface area contributed by atoms with Gasteiger partial charge in [0.15, 0.2) is 0 Å². The van der Waals surface area contributed by atoms with Crippen LogP contribution in [0.25, 0.3) is 0 Å². The number of para-hydroxylation sites is 1. The van der Waals surface area contributed by atoms with E-state index in [1.165, 1.54) is 30.3 Å². The van der Waals surface area contributed by atoms with E-state index in [-0.39, 0.29) is 16.2 Å². The SMILES string of the molecule is CN(O)C(=O)C(=O)CC(O)(c1cccc(F)c1)c1ccccc1[N+](=O)[O-]. The van der Waals surface area contributed by atoms with E-state index in [4.69, 9.17) is 5.21 Å². The predicted molar refractivity (Wildman–Crippen MR) is 86.7 cm³/mol. The molecule has 0 aliphatic heterocycles. The number of aliphatic hydroxyl groups is 1. The van der Waals surface area contributed by atoms with Crippen LogP contribution in [0, 0.1) is 15.9 Å². The van der Waals surface area contributed by atoms with Gasteiger partial charge >= 0.3 is 5.91 Å². The maximum Gasteiger partial charge on any atom is 0.313 e. The molecule has 2 rings (SSSR count). The molecular formula is C17H15FN2O6. The van der Waals surface area contributed by atoms with Crippen LogP contribution in [0.5, 0.6) is 0 Å². The van der Waals surface area contributed by atoms with Crippen molar-refractivity contribution in [2.75, 3.05) is 7.05 Å². The topological polar surface area (TPSA) is 121 Å². The van der Waals surface area contributed by atoms with Gasteiger partial charge in [0.2, 0.25) is 5.78 Å². The Bertz CT molecular complexity index is 870. The van der Waals surface area contributed by atoms with E-state index in [1.807, 2.05) is 0 Å². The second-order valence-corrected chi connectivity index (χ2v) is 5.57. The molecule has 26 heavy (non-hydrogen) atoms. The number of nitro benzene ring substituents is 1. The number of carbonyl (C=O) groups excluding carboxylic acids is 2. The molecule has 0 heterocycles. The first-order valence-corrected chi connectivity index (χ1v) is 7.39. The van der Waals surface area contributed by atoms with Crippen molar-refractivity contribution in [3.05, 3.63) is 75.6 Å². The van der Waals surface area contributed by atoms with Gasteiger partial charge in [-0.2, -0.15) is 0 Å². The van der Waals surface area contributed by atoms with Crippen molar-refractivity contribution in [3.63, 3.8) is 0 Å². The van der Waals surface area contributed by atoms with Crippen molar-refractivity contribution in [1.29, 1.82) is 0 Å². The van der Waals surface area contributed by atoms with E-state index < -0.39 is 40.1 Å². The van der Waals surface area contributed by atoms with E-state index in [2.05, 4.69) is 0 Å². The largest absolute Gasteiger partial charge is 0.380 e. The Morgan fingerprint density at radius 3 is 2.46 bits per heavy atom. The maximum absolute atomic E-state index is 13.7. The minimum Gasteiger partial charge on any atom is -0.380 e. The Kier molecular flexibility index (Phi) is 5.44. The van der Waals surface area contributed by atoms with Gasteiger partial charge in [-0.25, -0.2) is 9.45 Å². The van der Waals surface area contributed by atoms with Gasteiger partial charge in [0.1, 0.15) is 11.4 Å². The highest BCUT2D eigenvalue weighted by molar-refractivity contribution is 6.35. The number of nitro groups is 1. The lowest BCUT2D eigenvalue weighted by atomic mass is 9.81. The van der Waals surface area contributed by atoms with Crippen LogP contribution in [0.4, 0.5) is 10.1 Å². The molecule has 136 valence electrons. The van der Waals surface area contributed by atoms with Crippen molar-refractivity contribution < 1.29 is 29.2 Å². The van der Waals surface area contributed by atoms with Crippen LogP contribution >= 0.6 is 0 Å². The lowest BCUT2D eigenvalue weighted by Gasteiger charge is -2.28. The van der Waals surface area contributed by atoms with Gasteiger partial charge in [-0.1, -0.05) is 24.3 Å². The minimum absolute atomic E-state index is 0.0355. The standard InChI is InChI=1S/C17H15FN2O6/c1-19(24)16(22)15(21)10-17(23,11-5-4-6-12(18)9-11)13-7-2-3-8-14(13)20(25)26/h2-9,23-24H,10H2,1H3. The summed E-state index contributed by atoms with van der Waals surface area (Å²) in [6, 6.07) is 9.64. The van der Waals surface area contributed by atoms with Crippen LogP contribution in [0.2, 0.25) is 0 Å². The molecule has 1 unspecified atom stereocenters. The van der Waals surface area contributed by atoms with Crippen LogP contribution in [0.1, 0.15) is 17.5 Å². The van der Waals surface area contributed by atoms with Crippen LogP contribution in [0.3, 0.4) is 0 Å². The Morgan fingerprint density at radius 2 is 1.88 bits per heavy atom. The predicted octanol–water partition coefficient (Wildman–Crippen LogP) is 1.78. The first kappa shape index (κ1) is 19.2. The lowest BCUT2D eigenvalue weighted by Crippen LogP contribution is -2.38. The molecule has 0 fully saturated rings. The molecule has 0 saturated carbocycles. The number of ketones is 1. The number of amides is 1. The van der Waals surface area contributed by atoms with Crippen molar-refractivity contribution in [1.82, 2.24) is 5.06 Å². The molecular weight excluding hydrogens is 347 g/mol. The smallest absolute Gasteiger partial charge is 0.313 e. The van der Waals surface area contributed by atoms with E-state index >= 15 is 0 Å². The van der Waals surface area contributed by atoms with E-state index in [1.54, 1.807) is 0 Å². The lowest BCUT2D eigenvalue weighted by molar-refractivity contribution is -0.386. The molecule has 2 aromatic carbocycles. The number of hydrogen-bond acceptors (Lipinski definition) is 6. The quantitative estimate of drug-likeness (QED) is 0.350. The minimum atomic E-state index is -2.35. The van der Waals surface area contributed by atoms with E-state index in [9.17, 15) is 29.2 Å². The molecule has 0 saturated heterocycles. The molecule has 1 amide bonds. The summed E-state index contributed by atoms with van der Waals surface area (Å²) >= 11 is 0. The van der Waals surface area contributed by atoms with Crippen molar-refractivity contribution in [2.45, 2.75) is 12.0 Å². The second-order valence-electron chi connectivity index (χ2n) is 5.57. The zero-order valence-electron chi connectivity index (χ0n) is 13.6. The third-order valence-electron chi connectivity index (χ3n) is 3.80. The first-order chi connectivity index (χ1) is 12.2. The number of hydroxylamine groups is 2. The maximum atomic E-state index is 13.7. The number of nitrogens with zero attached hydrogens (tertiary/aromatic N) is 2. The number of Topliss-reactive ketones (excluding diaryl/α,β-unsaturated/α-hetero) is 1. The summed E-state index contributed by atoms with van der Waals surface area (Å²) < 4.78 is 13.7. The fourth-order valence-corrected chi connectivity index (χ4v) is 2.57. The fraction of sp³-hybridized carbons (Fsp3) is 0.176. The molecule has 1 atom stereocenters. The Morgan fingerprint density at radius 1 is 1.23 bits per heavy atom. The molecule has 0 aliphatic carbocycles. The van der Waals surface area contributed by atoms with E-state index in [0.29, 0.717) is 0 Å². The molecule has 9 heteroatoms. The van der Waals surface area contributed by atoms with Gasteiger partial charge < -0.3 is 5.11 Å². The van der Waals surface area contributed by atoms with Gasteiger partial charge in [0.25, 0.3) is 5.69 Å². The highest BCUT2D eigenvalue weighted by Crippen LogP contribution is 2.38. The fourth-order valence-electron chi connectivity index (χ4n) is 2.57. The Labute approximate surface area is 147 Å². The molecule has 0 bridgehead atoms. The van der Waals surface area contributed by atoms with Crippen LogP contribution in [0.15, 0.2) is 48.5 Å². The summed E-state index contributed by atoms with van der Waals surface area (Å²) in [5.41, 5.74) is -3.28. The summed E-state index contributed by atoms with van der Waals surface area (Å²) in [6.45, 7) is 0. The summed E-state index contributed by atoms with van der Waals surface area (Å²) in [6.07, 6.45) is -0.926. The number of hydrogen-bond donors (Lipinski definition) is 2.